The zero-order valence-corrected chi connectivity index (χ0v) is 15.6. The van der Waals surface area contributed by atoms with Gasteiger partial charge in [0.15, 0.2) is 0 Å². The Morgan fingerprint density at radius 3 is 2.36 bits per heavy atom. The fourth-order valence-corrected chi connectivity index (χ4v) is 4.97. The first kappa shape index (κ1) is 16.1. The number of benzene rings is 3. The van der Waals surface area contributed by atoms with Crippen LogP contribution in [0.4, 0.5) is 0 Å². The minimum atomic E-state index is 0.0913. The summed E-state index contributed by atoms with van der Waals surface area (Å²) in [5.74, 6) is 0.422. The third-order valence-corrected chi connectivity index (χ3v) is 6.20. The van der Waals surface area contributed by atoms with Gasteiger partial charge in [-0.3, -0.25) is 4.84 Å². The van der Waals surface area contributed by atoms with Crippen LogP contribution in [-0.2, 0) is 17.9 Å². The van der Waals surface area contributed by atoms with Crippen LogP contribution in [0.5, 0.6) is 0 Å². The molecule has 0 bridgehead atoms. The zero-order valence-electron chi connectivity index (χ0n) is 15.6. The predicted octanol–water partition coefficient (Wildman–Crippen LogP) is 5.50. The maximum absolute atomic E-state index is 6.59. The van der Waals surface area contributed by atoms with Crippen LogP contribution in [0, 0.1) is 5.92 Å². The van der Waals surface area contributed by atoms with Crippen LogP contribution in [0.15, 0.2) is 91.0 Å². The quantitative estimate of drug-likeness (QED) is 0.476. The number of hydrogen-bond donors (Lipinski definition) is 0. The highest BCUT2D eigenvalue weighted by Crippen LogP contribution is 2.53. The van der Waals surface area contributed by atoms with Gasteiger partial charge in [0, 0.05) is 30.2 Å². The lowest BCUT2D eigenvalue weighted by Crippen LogP contribution is -2.22. The fourth-order valence-electron chi connectivity index (χ4n) is 4.97. The van der Waals surface area contributed by atoms with E-state index in [1.807, 2.05) is 0 Å². The molecule has 3 aromatic carbocycles. The molecule has 3 heterocycles. The molecule has 28 heavy (non-hydrogen) atoms. The van der Waals surface area contributed by atoms with Crippen LogP contribution in [-0.4, -0.2) is 9.63 Å². The van der Waals surface area contributed by atoms with E-state index >= 15 is 0 Å². The zero-order chi connectivity index (χ0) is 18.5. The van der Waals surface area contributed by atoms with Crippen molar-refractivity contribution in [3.05, 3.63) is 108 Å². The van der Waals surface area contributed by atoms with Crippen LogP contribution in [0.25, 0.3) is 10.9 Å². The summed E-state index contributed by atoms with van der Waals surface area (Å²) in [5.41, 5.74) is 5.26. The highest BCUT2D eigenvalue weighted by molar-refractivity contribution is 5.82. The van der Waals surface area contributed by atoms with Gasteiger partial charge in [0.25, 0.3) is 0 Å². The summed E-state index contributed by atoms with van der Waals surface area (Å²) in [4.78, 5) is 6.59. The highest BCUT2D eigenvalue weighted by Gasteiger charge is 2.50. The molecule has 4 aromatic rings. The molecule has 1 aromatic heterocycles. The number of hydroxylamine groups is 2. The van der Waals surface area contributed by atoms with Gasteiger partial charge in [-0.05, 0) is 28.6 Å². The van der Waals surface area contributed by atoms with Gasteiger partial charge < -0.3 is 4.57 Å². The Hall–Kier alpha value is -2.88. The summed E-state index contributed by atoms with van der Waals surface area (Å²) in [6.07, 6.45) is 0.0913. The van der Waals surface area contributed by atoms with Crippen LogP contribution < -0.4 is 0 Å². The van der Waals surface area contributed by atoms with Crippen molar-refractivity contribution in [2.45, 2.75) is 25.2 Å². The fraction of sp³-hybridized carbons (Fsp3) is 0.200. The van der Waals surface area contributed by atoms with Crippen molar-refractivity contribution in [1.82, 2.24) is 9.63 Å². The lowest BCUT2D eigenvalue weighted by atomic mass is 9.91. The third-order valence-electron chi connectivity index (χ3n) is 6.20. The summed E-state index contributed by atoms with van der Waals surface area (Å²) in [6.45, 7) is 1.80. The Labute approximate surface area is 164 Å². The summed E-state index contributed by atoms with van der Waals surface area (Å²) >= 11 is 0. The van der Waals surface area contributed by atoms with Crippen molar-refractivity contribution < 1.29 is 4.84 Å². The van der Waals surface area contributed by atoms with Crippen molar-refractivity contribution in [2.24, 2.45) is 5.92 Å². The molecular formula is C25H22N2O. The number of para-hydroxylation sites is 1. The van der Waals surface area contributed by atoms with Gasteiger partial charge >= 0.3 is 0 Å². The van der Waals surface area contributed by atoms with Gasteiger partial charge in [0.2, 0.25) is 0 Å². The molecule has 3 atom stereocenters. The topological polar surface area (TPSA) is 17.4 Å². The Kier molecular flexibility index (Phi) is 3.64. The molecule has 138 valence electrons. The summed E-state index contributed by atoms with van der Waals surface area (Å²) in [5, 5.41) is 3.54. The van der Waals surface area contributed by atoms with Crippen LogP contribution in [0.3, 0.4) is 0 Å². The lowest BCUT2D eigenvalue weighted by Gasteiger charge is -2.22. The van der Waals surface area contributed by atoms with Crippen molar-refractivity contribution in [1.29, 1.82) is 0 Å². The summed E-state index contributed by atoms with van der Waals surface area (Å²) in [7, 11) is 0. The number of rotatable bonds is 3. The number of aromatic nitrogens is 1. The standard InChI is InChI=1S/C25H22N2O/c1-3-9-18(10-4-1)16-27-24-21(25(28-27)19-11-5-2-6-12-19)17-26-22-14-8-7-13-20(22)15-23(24)26/h1-15,21,24-25H,16-17H2/t21-,24-,25+/m0/s1. The van der Waals surface area contributed by atoms with Gasteiger partial charge in [0.1, 0.15) is 6.10 Å². The minimum absolute atomic E-state index is 0.0913. The highest BCUT2D eigenvalue weighted by atomic mass is 16.7. The Morgan fingerprint density at radius 1 is 0.821 bits per heavy atom. The second-order valence-corrected chi connectivity index (χ2v) is 7.84. The Balaban J connectivity index is 1.44. The van der Waals surface area contributed by atoms with E-state index in [4.69, 9.17) is 4.84 Å². The first-order valence-electron chi connectivity index (χ1n) is 9.99. The molecule has 0 aliphatic carbocycles. The van der Waals surface area contributed by atoms with Crippen LogP contribution in [0.1, 0.15) is 29.0 Å². The van der Waals surface area contributed by atoms with Crippen molar-refractivity contribution in [3.63, 3.8) is 0 Å². The molecule has 2 aliphatic rings. The van der Waals surface area contributed by atoms with E-state index in [-0.39, 0.29) is 12.1 Å². The molecule has 0 amide bonds. The number of nitrogens with zero attached hydrogens (tertiary/aromatic N) is 2. The van der Waals surface area contributed by atoms with Gasteiger partial charge in [-0.1, -0.05) is 78.9 Å². The first-order chi connectivity index (χ1) is 13.9. The summed E-state index contributed by atoms with van der Waals surface area (Å²) in [6, 6.07) is 32.6. The van der Waals surface area contributed by atoms with E-state index in [2.05, 4.69) is 101 Å². The lowest BCUT2D eigenvalue weighted by molar-refractivity contribution is -0.174. The molecule has 3 heteroatoms. The Morgan fingerprint density at radius 2 is 1.54 bits per heavy atom. The predicted molar refractivity (Wildman–Crippen MR) is 110 cm³/mol. The molecule has 1 saturated heterocycles. The molecule has 0 N–H and O–H groups in total. The average molecular weight is 366 g/mol. The SMILES string of the molecule is c1ccc(CN2O[C@H](c3ccccc3)[C@H]3Cn4c(cc5ccccc54)[C@H]32)cc1. The van der Waals surface area contributed by atoms with E-state index in [0.717, 1.165) is 13.1 Å². The molecule has 2 aliphatic heterocycles. The maximum atomic E-state index is 6.59. The molecule has 3 nitrogen and oxygen atoms in total. The molecule has 0 unspecified atom stereocenters. The summed E-state index contributed by atoms with van der Waals surface area (Å²) < 4.78 is 2.50. The van der Waals surface area contributed by atoms with E-state index in [0.29, 0.717) is 5.92 Å². The van der Waals surface area contributed by atoms with Crippen molar-refractivity contribution in [2.75, 3.05) is 0 Å². The molecule has 1 fully saturated rings. The van der Waals surface area contributed by atoms with Gasteiger partial charge in [-0.25, -0.2) is 0 Å². The van der Waals surface area contributed by atoms with E-state index in [1.165, 1.54) is 27.7 Å². The second kappa shape index (κ2) is 6.33. The van der Waals surface area contributed by atoms with Crippen LogP contribution in [0.2, 0.25) is 0 Å². The normalized spacial score (nSPS) is 23.8. The molecule has 0 radical (unpaired) electrons. The Bertz CT molecular complexity index is 1120. The maximum Gasteiger partial charge on any atom is 0.111 e. The van der Waals surface area contributed by atoms with Crippen molar-refractivity contribution in [3.8, 4) is 0 Å². The van der Waals surface area contributed by atoms with Crippen LogP contribution >= 0.6 is 0 Å². The average Bonchev–Trinajstić information content (AvgIpc) is 3.39. The largest absolute Gasteiger partial charge is 0.342 e. The number of fused-ring (bicyclic) bond motifs is 5. The van der Waals surface area contributed by atoms with Gasteiger partial charge in [-0.15, -0.1) is 0 Å². The molecule has 0 spiro atoms. The molecule has 0 saturated carbocycles. The molecular weight excluding hydrogens is 344 g/mol. The second-order valence-electron chi connectivity index (χ2n) is 7.84. The van der Waals surface area contributed by atoms with Crippen molar-refractivity contribution >= 4 is 10.9 Å². The minimum Gasteiger partial charge on any atom is -0.342 e. The number of hydrogen-bond acceptors (Lipinski definition) is 2. The van der Waals surface area contributed by atoms with Gasteiger partial charge in [-0.2, -0.15) is 5.06 Å². The smallest absolute Gasteiger partial charge is 0.111 e. The van der Waals surface area contributed by atoms with Gasteiger partial charge in [0.05, 0.1) is 6.04 Å². The van der Waals surface area contributed by atoms with E-state index in [9.17, 15) is 0 Å². The van der Waals surface area contributed by atoms with E-state index in [1.54, 1.807) is 0 Å². The van der Waals surface area contributed by atoms with E-state index < -0.39 is 0 Å². The molecule has 6 rings (SSSR count). The monoisotopic (exact) mass is 366 g/mol. The first-order valence-corrected chi connectivity index (χ1v) is 9.99. The third kappa shape index (κ3) is 2.44.